The van der Waals surface area contributed by atoms with E-state index in [1.807, 2.05) is 0 Å². The molecule has 1 aromatic rings. The van der Waals surface area contributed by atoms with Crippen molar-refractivity contribution in [1.29, 1.82) is 0 Å². The molecule has 7 heteroatoms. The number of rotatable bonds is 1. The van der Waals surface area contributed by atoms with Crippen LogP contribution in [-0.4, -0.2) is 34.6 Å². The van der Waals surface area contributed by atoms with E-state index in [1.54, 1.807) is 23.9 Å². The van der Waals surface area contributed by atoms with Gasteiger partial charge in [0.15, 0.2) is 0 Å². The van der Waals surface area contributed by atoms with Crippen LogP contribution in [0.2, 0.25) is 0 Å². The van der Waals surface area contributed by atoms with Gasteiger partial charge in [-0.25, -0.2) is 0 Å². The van der Waals surface area contributed by atoms with E-state index in [1.165, 1.54) is 4.90 Å². The second-order valence-corrected chi connectivity index (χ2v) is 5.70. The zero-order valence-electron chi connectivity index (χ0n) is 10.4. The van der Waals surface area contributed by atoms with Gasteiger partial charge < -0.3 is 9.47 Å². The molecule has 3 nitrogen and oxygen atoms in total. The lowest BCUT2D eigenvalue weighted by Gasteiger charge is -2.33. The number of likely N-dealkylation sites (tertiary alicyclic amines) is 1. The Bertz CT molecular complexity index is 484. The van der Waals surface area contributed by atoms with E-state index in [4.69, 9.17) is 0 Å². The van der Waals surface area contributed by atoms with Crippen LogP contribution < -0.4 is 0 Å². The lowest BCUT2D eigenvalue weighted by molar-refractivity contribution is -0.184. The Kier molecular flexibility index (Phi) is 3.94. The molecule has 0 saturated carbocycles. The van der Waals surface area contributed by atoms with Gasteiger partial charge in [-0.3, -0.25) is 4.79 Å². The molecule has 2 rings (SSSR count). The summed E-state index contributed by atoms with van der Waals surface area (Å²) in [6.45, 7) is 0.138. The van der Waals surface area contributed by atoms with Crippen molar-refractivity contribution in [2.75, 3.05) is 13.1 Å². The number of aryl methyl sites for hydroxylation is 1. The lowest BCUT2D eigenvalue weighted by atomic mass is 9.97. The minimum atomic E-state index is -4.23. The Morgan fingerprint density at radius 1 is 1.47 bits per heavy atom. The highest BCUT2D eigenvalue weighted by atomic mass is 79.9. The molecular formula is C12H14BrF3N2O. The van der Waals surface area contributed by atoms with E-state index in [2.05, 4.69) is 15.9 Å². The second-order valence-electron chi connectivity index (χ2n) is 4.79. The Balaban J connectivity index is 2.14. The second kappa shape index (κ2) is 5.19. The first-order chi connectivity index (χ1) is 8.79. The summed E-state index contributed by atoms with van der Waals surface area (Å²) in [5.41, 5.74) is 0.398. The van der Waals surface area contributed by atoms with Crippen LogP contribution in [0.25, 0.3) is 0 Å². The molecule has 1 saturated heterocycles. The summed E-state index contributed by atoms with van der Waals surface area (Å²) >= 11 is 3.25. The van der Waals surface area contributed by atoms with Gasteiger partial charge in [0.05, 0.1) is 5.92 Å². The van der Waals surface area contributed by atoms with E-state index in [9.17, 15) is 18.0 Å². The number of aromatic nitrogens is 1. The number of amides is 1. The third-order valence-corrected chi connectivity index (χ3v) is 3.80. The fourth-order valence-corrected chi connectivity index (χ4v) is 2.85. The van der Waals surface area contributed by atoms with Crippen LogP contribution in [0.4, 0.5) is 13.2 Å². The average molecular weight is 339 g/mol. The largest absolute Gasteiger partial charge is 0.393 e. The van der Waals surface area contributed by atoms with Crippen molar-refractivity contribution in [3.8, 4) is 0 Å². The summed E-state index contributed by atoms with van der Waals surface area (Å²) in [5, 5.41) is 0. The van der Waals surface area contributed by atoms with Crippen LogP contribution in [-0.2, 0) is 7.05 Å². The maximum Gasteiger partial charge on any atom is 0.393 e. The highest BCUT2D eigenvalue weighted by Gasteiger charge is 2.42. The zero-order valence-corrected chi connectivity index (χ0v) is 12.0. The van der Waals surface area contributed by atoms with Crippen molar-refractivity contribution in [2.24, 2.45) is 13.0 Å². The third kappa shape index (κ3) is 3.13. The van der Waals surface area contributed by atoms with Gasteiger partial charge in [-0.2, -0.15) is 13.2 Å². The lowest BCUT2D eigenvalue weighted by Crippen LogP contribution is -2.45. The number of nitrogens with zero attached hydrogens (tertiary/aromatic N) is 2. The normalized spacial score (nSPS) is 20.7. The van der Waals surface area contributed by atoms with Crippen molar-refractivity contribution in [3.05, 3.63) is 22.4 Å². The summed E-state index contributed by atoms with van der Waals surface area (Å²) in [6.07, 6.45) is -2.03. The van der Waals surface area contributed by atoms with E-state index in [0.717, 1.165) is 4.47 Å². The Labute approximate surface area is 117 Å². The van der Waals surface area contributed by atoms with Gasteiger partial charge in [-0.05, 0) is 34.8 Å². The Morgan fingerprint density at radius 3 is 2.68 bits per heavy atom. The molecule has 0 aliphatic carbocycles. The molecule has 0 N–H and O–H groups in total. The molecular weight excluding hydrogens is 325 g/mol. The molecule has 0 radical (unpaired) electrons. The summed E-state index contributed by atoms with van der Waals surface area (Å²) in [4.78, 5) is 13.5. The molecule has 0 unspecified atom stereocenters. The smallest absolute Gasteiger partial charge is 0.345 e. The topological polar surface area (TPSA) is 25.2 Å². The quantitative estimate of drug-likeness (QED) is 0.771. The van der Waals surface area contributed by atoms with Gasteiger partial charge >= 0.3 is 6.18 Å². The average Bonchev–Trinajstić information content (AvgIpc) is 2.66. The maximum absolute atomic E-state index is 12.7. The number of hydrogen-bond acceptors (Lipinski definition) is 1. The SMILES string of the molecule is Cn1cc(Br)cc1C(=O)N1CCC[C@H](C(F)(F)F)C1. The van der Waals surface area contributed by atoms with E-state index >= 15 is 0 Å². The predicted molar refractivity (Wildman–Crippen MR) is 67.8 cm³/mol. The van der Waals surface area contributed by atoms with Crippen molar-refractivity contribution in [1.82, 2.24) is 9.47 Å². The highest BCUT2D eigenvalue weighted by molar-refractivity contribution is 9.10. The van der Waals surface area contributed by atoms with E-state index in [-0.39, 0.29) is 18.9 Å². The molecule has 1 amide bonds. The molecule has 1 fully saturated rings. The van der Waals surface area contributed by atoms with Gasteiger partial charge in [0.2, 0.25) is 0 Å². The van der Waals surface area contributed by atoms with E-state index < -0.39 is 12.1 Å². The van der Waals surface area contributed by atoms with Crippen LogP contribution in [0, 0.1) is 5.92 Å². The fraction of sp³-hybridized carbons (Fsp3) is 0.583. The van der Waals surface area contributed by atoms with Crippen LogP contribution >= 0.6 is 15.9 Å². The summed E-state index contributed by atoms with van der Waals surface area (Å²) < 4.78 is 40.5. The summed E-state index contributed by atoms with van der Waals surface area (Å²) in [6, 6.07) is 1.62. The molecule has 2 heterocycles. The Hall–Kier alpha value is -0.980. The first-order valence-electron chi connectivity index (χ1n) is 5.97. The molecule has 1 aromatic heterocycles. The highest BCUT2D eigenvalue weighted by Crippen LogP contribution is 2.33. The number of halogens is 4. The Morgan fingerprint density at radius 2 is 2.16 bits per heavy atom. The molecule has 0 bridgehead atoms. The molecule has 0 aromatic carbocycles. The summed E-state index contributed by atoms with van der Waals surface area (Å²) in [5.74, 6) is -1.75. The van der Waals surface area contributed by atoms with Crippen LogP contribution in [0.1, 0.15) is 23.3 Å². The van der Waals surface area contributed by atoms with Crippen molar-refractivity contribution in [2.45, 2.75) is 19.0 Å². The van der Waals surface area contributed by atoms with Gasteiger partial charge in [0.25, 0.3) is 5.91 Å². The number of hydrogen-bond donors (Lipinski definition) is 0. The number of piperidine rings is 1. The van der Waals surface area contributed by atoms with Crippen molar-refractivity contribution < 1.29 is 18.0 Å². The van der Waals surface area contributed by atoms with Crippen LogP contribution in [0.5, 0.6) is 0 Å². The maximum atomic E-state index is 12.7. The van der Waals surface area contributed by atoms with Gasteiger partial charge in [-0.1, -0.05) is 0 Å². The van der Waals surface area contributed by atoms with Crippen LogP contribution in [0.15, 0.2) is 16.7 Å². The van der Waals surface area contributed by atoms with Crippen molar-refractivity contribution in [3.63, 3.8) is 0 Å². The predicted octanol–water partition coefficient (Wildman–Crippen LogP) is 3.20. The first-order valence-corrected chi connectivity index (χ1v) is 6.76. The fourth-order valence-electron chi connectivity index (χ4n) is 2.33. The molecule has 1 atom stereocenters. The zero-order chi connectivity index (χ0) is 14.2. The molecule has 0 spiro atoms. The molecule has 106 valence electrons. The van der Waals surface area contributed by atoms with Crippen LogP contribution in [0.3, 0.4) is 0 Å². The molecule has 1 aliphatic rings. The number of alkyl halides is 3. The van der Waals surface area contributed by atoms with Gasteiger partial charge in [0, 0.05) is 30.8 Å². The monoisotopic (exact) mass is 338 g/mol. The third-order valence-electron chi connectivity index (χ3n) is 3.36. The van der Waals surface area contributed by atoms with E-state index in [0.29, 0.717) is 18.7 Å². The van der Waals surface area contributed by atoms with Gasteiger partial charge in [0.1, 0.15) is 5.69 Å². The molecule has 1 aliphatic heterocycles. The van der Waals surface area contributed by atoms with Gasteiger partial charge in [-0.15, -0.1) is 0 Å². The first kappa shape index (κ1) is 14.4. The number of carbonyl (C=O) groups excluding carboxylic acids is 1. The minimum Gasteiger partial charge on any atom is -0.345 e. The number of carbonyl (C=O) groups is 1. The molecule has 19 heavy (non-hydrogen) atoms. The standard InChI is InChI=1S/C12H14BrF3N2O/c1-17-7-9(13)5-10(17)11(19)18-4-2-3-8(6-18)12(14,15)16/h5,7-8H,2-4,6H2,1H3/t8-/m0/s1. The van der Waals surface area contributed by atoms with Crippen molar-refractivity contribution >= 4 is 21.8 Å². The summed E-state index contributed by atoms with van der Waals surface area (Å²) in [7, 11) is 1.70. The minimum absolute atomic E-state index is 0.101.